The predicted octanol–water partition coefficient (Wildman–Crippen LogP) is 1.83. The lowest BCUT2D eigenvalue weighted by atomic mass is 10.2. The summed E-state index contributed by atoms with van der Waals surface area (Å²) in [7, 11) is 2.16. The molecule has 0 amide bonds. The van der Waals surface area contributed by atoms with Crippen LogP contribution in [0.3, 0.4) is 0 Å². The summed E-state index contributed by atoms with van der Waals surface area (Å²) in [6.45, 7) is 3.00. The molecule has 1 aromatic rings. The number of hydrogen-bond donors (Lipinski definition) is 1. The molecule has 0 aliphatic carbocycles. The van der Waals surface area contributed by atoms with E-state index in [1.165, 1.54) is 29.3 Å². The van der Waals surface area contributed by atoms with Crippen molar-refractivity contribution in [3.05, 3.63) is 16.1 Å². The summed E-state index contributed by atoms with van der Waals surface area (Å²) in [6, 6.07) is 0.512. The van der Waals surface area contributed by atoms with E-state index >= 15 is 0 Å². The fraction of sp³-hybridized carbons (Fsp3) is 0.727. The van der Waals surface area contributed by atoms with Crippen molar-refractivity contribution in [1.29, 1.82) is 0 Å². The van der Waals surface area contributed by atoms with Crippen molar-refractivity contribution in [1.82, 2.24) is 9.88 Å². The molecule has 2 atom stereocenters. The van der Waals surface area contributed by atoms with E-state index < -0.39 is 0 Å². The topological polar surface area (TPSA) is 36.4 Å². The van der Waals surface area contributed by atoms with E-state index in [-0.39, 0.29) is 6.10 Å². The molecule has 0 bridgehead atoms. The first kappa shape index (κ1) is 11.0. The molecule has 0 saturated carbocycles. The summed E-state index contributed by atoms with van der Waals surface area (Å²) in [4.78, 5) is 8.03. The summed E-state index contributed by atoms with van der Waals surface area (Å²) in [5.41, 5.74) is 0. The highest BCUT2D eigenvalue weighted by atomic mass is 32.1. The molecule has 2 rings (SSSR count). The minimum Gasteiger partial charge on any atom is -0.393 e. The van der Waals surface area contributed by atoms with Crippen LogP contribution in [0.1, 0.15) is 35.7 Å². The zero-order valence-electron chi connectivity index (χ0n) is 9.31. The minimum atomic E-state index is -0.264. The van der Waals surface area contributed by atoms with Gasteiger partial charge in [-0.1, -0.05) is 0 Å². The molecule has 0 radical (unpaired) electrons. The van der Waals surface area contributed by atoms with Crippen molar-refractivity contribution >= 4 is 11.3 Å². The first-order valence-electron chi connectivity index (χ1n) is 5.49. The summed E-state index contributed by atoms with van der Waals surface area (Å²) in [5, 5.41) is 10.5. The molecule has 1 saturated heterocycles. The van der Waals surface area contributed by atoms with Crippen LogP contribution in [0, 0.1) is 0 Å². The van der Waals surface area contributed by atoms with Gasteiger partial charge in [0.25, 0.3) is 0 Å². The lowest BCUT2D eigenvalue weighted by Crippen LogP contribution is -2.17. The average Bonchev–Trinajstić information content (AvgIpc) is 2.72. The molecule has 0 spiro atoms. The van der Waals surface area contributed by atoms with Gasteiger partial charge in [-0.05, 0) is 33.4 Å². The number of thiazole rings is 1. The van der Waals surface area contributed by atoms with Gasteiger partial charge in [-0.3, -0.25) is 4.90 Å². The highest BCUT2D eigenvalue weighted by molar-refractivity contribution is 7.11. The van der Waals surface area contributed by atoms with Gasteiger partial charge in [0.05, 0.1) is 12.1 Å². The van der Waals surface area contributed by atoms with Crippen LogP contribution < -0.4 is 0 Å². The number of aliphatic hydroxyl groups is 1. The number of aromatic nitrogens is 1. The van der Waals surface area contributed by atoms with Crippen LogP contribution in [0.25, 0.3) is 0 Å². The molecule has 1 aliphatic heterocycles. The Morgan fingerprint density at radius 2 is 2.53 bits per heavy atom. The SMILES string of the molecule is CC(O)Cc1cnc(C2CCCN2C)s1. The Morgan fingerprint density at radius 3 is 3.13 bits per heavy atom. The van der Waals surface area contributed by atoms with E-state index in [1.54, 1.807) is 11.3 Å². The molecule has 1 aromatic heterocycles. The monoisotopic (exact) mass is 226 g/mol. The Bertz CT molecular complexity index is 324. The van der Waals surface area contributed by atoms with E-state index in [0.717, 1.165) is 6.42 Å². The molecular weight excluding hydrogens is 208 g/mol. The van der Waals surface area contributed by atoms with Gasteiger partial charge in [0.2, 0.25) is 0 Å². The van der Waals surface area contributed by atoms with E-state index in [2.05, 4.69) is 16.9 Å². The van der Waals surface area contributed by atoms with Crippen molar-refractivity contribution in [2.75, 3.05) is 13.6 Å². The van der Waals surface area contributed by atoms with Gasteiger partial charge in [-0.25, -0.2) is 4.98 Å². The number of nitrogens with zero attached hydrogens (tertiary/aromatic N) is 2. The maximum Gasteiger partial charge on any atom is 0.110 e. The lowest BCUT2D eigenvalue weighted by molar-refractivity contribution is 0.196. The lowest BCUT2D eigenvalue weighted by Gasteiger charge is -2.16. The molecule has 3 nitrogen and oxygen atoms in total. The van der Waals surface area contributed by atoms with Crippen LogP contribution in [0.15, 0.2) is 6.20 Å². The summed E-state index contributed by atoms with van der Waals surface area (Å²) < 4.78 is 0. The standard InChI is InChI=1S/C11H18N2OS/c1-8(14)6-9-7-12-11(15-9)10-4-3-5-13(10)2/h7-8,10,14H,3-6H2,1-2H3. The minimum absolute atomic E-state index is 0.264. The van der Waals surface area contributed by atoms with Gasteiger partial charge in [0.15, 0.2) is 0 Å². The third kappa shape index (κ3) is 2.56. The molecule has 2 heterocycles. The zero-order valence-corrected chi connectivity index (χ0v) is 10.1. The van der Waals surface area contributed by atoms with Gasteiger partial charge < -0.3 is 5.11 Å². The van der Waals surface area contributed by atoms with E-state index in [0.29, 0.717) is 6.04 Å². The van der Waals surface area contributed by atoms with Crippen LogP contribution in [-0.2, 0) is 6.42 Å². The largest absolute Gasteiger partial charge is 0.393 e. The molecule has 15 heavy (non-hydrogen) atoms. The van der Waals surface area contributed by atoms with Gasteiger partial charge in [0, 0.05) is 17.5 Å². The van der Waals surface area contributed by atoms with Crippen molar-refractivity contribution in [3.63, 3.8) is 0 Å². The fourth-order valence-electron chi connectivity index (χ4n) is 2.08. The zero-order chi connectivity index (χ0) is 10.8. The Kier molecular flexibility index (Phi) is 3.38. The van der Waals surface area contributed by atoms with Crippen LogP contribution in [0.5, 0.6) is 0 Å². The molecular formula is C11H18N2OS. The first-order chi connectivity index (χ1) is 7.16. The number of hydrogen-bond acceptors (Lipinski definition) is 4. The van der Waals surface area contributed by atoms with Crippen LogP contribution in [0.4, 0.5) is 0 Å². The molecule has 1 aliphatic rings. The highest BCUT2D eigenvalue weighted by Gasteiger charge is 2.25. The number of aliphatic hydroxyl groups excluding tert-OH is 1. The normalized spacial score (nSPS) is 24.6. The summed E-state index contributed by atoms with van der Waals surface area (Å²) in [6.07, 6.45) is 4.87. The van der Waals surface area contributed by atoms with Crippen molar-refractivity contribution < 1.29 is 5.11 Å². The molecule has 84 valence electrons. The maximum absolute atomic E-state index is 9.30. The van der Waals surface area contributed by atoms with Crippen LogP contribution in [-0.4, -0.2) is 34.7 Å². The molecule has 2 unspecified atom stereocenters. The van der Waals surface area contributed by atoms with Crippen LogP contribution in [0.2, 0.25) is 0 Å². The second kappa shape index (κ2) is 4.60. The Balaban J connectivity index is 2.06. The molecule has 4 heteroatoms. The fourth-order valence-corrected chi connectivity index (χ4v) is 3.32. The maximum atomic E-state index is 9.30. The van der Waals surface area contributed by atoms with E-state index in [4.69, 9.17) is 0 Å². The van der Waals surface area contributed by atoms with Gasteiger partial charge in [-0.2, -0.15) is 0 Å². The third-order valence-corrected chi connectivity index (χ3v) is 3.99. The second-order valence-corrected chi connectivity index (χ2v) is 5.50. The van der Waals surface area contributed by atoms with E-state index in [1.807, 2.05) is 13.1 Å². The Hall–Kier alpha value is -0.450. The Labute approximate surface area is 94.8 Å². The van der Waals surface area contributed by atoms with Gasteiger partial charge in [-0.15, -0.1) is 11.3 Å². The van der Waals surface area contributed by atoms with E-state index in [9.17, 15) is 5.11 Å². The predicted molar refractivity (Wildman–Crippen MR) is 62.1 cm³/mol. The third-order valence-electron chi connectivity index (χ3n) is 2.87. The summed E-state index contributed by atoms with van der Waals surface area (Å²) >= 11 is 1.75. The Morgan fingerprint density at radius 1 is 1.73 bits per heavy atom. The first-order valence-corrected chi connectivity index (χ1v) is 6.31. The van der Waals surface area contributed by atoms with Crippen molar-refractivity contribution in [2.24, 2.45) is 0 Å². The highest BCUT2D eigenvalue weighted by Crippen LogP contribution is 2.32. The molecule has 1 fully saturated rings. The molecule has 0 aromatic carbocycles. The smallest absolute Gasteiger partial charge is 0.110 e. The summed E-state index contributed by atoms with van der Waals surface area (Å²) in [5.74, 6) is 0. The second-order valence-electron chi connectivity index (χ2n) is 4.36. The van der Waals surface area contributed by atoms with Crippen molar-refractivity contribution in [3.8, 4) is 0 Å². The quantitative estimate of drug-likeness (QED) is 0.854. The van der Waals surface area contributed by atoms with Crippen LogP contribution >= 0.6 is 11.3 Å². The van der Waals surface area contributed by atoms with Gasteiger partial charge in [0.1, 0.15) is 5.01 Å². The number of likely N-dealkylation sites (tertiary alicyclic amines) is 1. The number of rotatable bonds is 3. The van der Waals surface area contributed by atoms with Crippen molar-refractivity contribution in [2.45, 2.75) is 38.3 Å². The van der Waals surface area contributed by atoms with Gasteiger partial charge >= 0.3 is 0 Å². The average molecular weight is 226 g/mol. The molecule has 1 N–H and O–H groups in total.